The average molecular weight is 308 g/mol. The van der Waals surface area contributed by atoms with Gasteiger partial charge in [0.15, 0.2) is 0 Å². The third-order valence-corrected chi connectivity index (χ3v) is 5.17. The maximum Gasteiger partial charge on any atom is 0.138 e. The second-order valence-corrected chi connectivity index (χ2v) is 6.89. The van der Waals surface area contributed by atoms with Crippen LogP contribution in [0.25, 0.3) is 11.3 Å². The summed E-state index contributed by atoms with van der Waals surface area (Å²) < 4.78 is 6.26. The van der Waals surface area contributed by atoms with Crippen molar-refractivity contribution in [3.05, 3.63) is 48.2 Å². The topological polar surface area (TPSA) is 25.4 Å². The van der Waals surface area contributed by atoms with Gasteiger partial charge >= 0.3 is 0 Å². The number of benzene rings is 1. The fourth-order valence-electron chi connectivity index (χ4n) is 3.82. The average Bonchev–Trinajstić information content (AvgIpc) is 2.59. The van der Waals surface area contributed by atoms with Gasteiger partial charge in [0, 0.05) is 24.6 Å². The maximum atomic E-state index is 6.26. The zero-order chi connectivity index (χ0) is 15.6. The third-order valence-electron chi connectivity index (χ3n) is 5.17. The van der Waals surface area contributed by atoms with Gasteiger partial charge in [0.25, 0.3) is 0 Å². The molecule has 1 aromatic carbocycles. The molecule has 3 heterocycles. The summed E-state index contributed by atoms with van der Waals surface area (Å²) in [6, 6.07) is 12.6. The molecule has 2 saturated heterocycles. The van der Waals surface area contributed by atoms with E-state index in [1.54, 1.807) is 0 Å². The Hall–Kier alpha value is -1.87. The van der Waals surface area contributed by atoms with Crippen molar-refractivity contribution >= 4 is 0 Å². The first-order valence-corrected chi connectivity index (χ1v) is 8.70. The molecule has 2 fully saturated rings. The highest BCUT2D eigenvalue weighted by Crippen LogP contribution is 2.30. The molecule has 2 bridgehead atoms. The van der Waals surface area contributed by atoms with Crippen LogP contribution in [0.15, 0.2) is 42.6 Å². The molecule has 3 atom stereocenters. The molecule has 0 aliphatic carbocycles. The van der Waals surface area contributed by atoms with Gasteiger partial charge in [-0.05, 0) is 44.9 Å². The molecule has 120 valence electrons. The Kier molecular flexibility index (Phi) is 4.04. The molecule has 2 aliphatic heterocycles. The van der Waals surface area contributed by atoms with E-state index in [0.29, 0.717) is 12.0 Å². The van der Waals surface area contributed by atoms with Gasteiger partial charge < -0.3 is 9.64 Å². The van der Waals surface area contributed by atoms with Crippen LogP contribution >= 0.6 is 0 Å². The van der Waals surface area contributed by atoms with Crippen LogP contribution in [0.1, 0.15) is 24.8 Å². The van der Waals surface area contributed by atoms with Crippen molar-refractivity contribution in [2.24, 2.45) is 5.92 Å². The standard InChI is InChI=1S/C20H24N2O/c1-15-4-6-16(7-5-15)19-9-8-18(13-21-19)23-20-10-12-22-11-2-3-17(20)14-22/h4-9,13,17,20H,2-3,10-12,14H2,1H3/t17-,20-/m0/s1. The minimum Gasteiger partial charge on any atom is -0.488 e. The van der Waals surface area contributed by atoms with Gasteiger partial charge in [-0.3, -0.25) is 4.98 Å². The lowest BCUT2D eigenvalue weighted by Gasteiger charge is -2.42. The summed E-state index contributed by atoms with van der Waals surface area (Å²) in [7, 11) is 0. The lowest BCUT2D eigenvalue weighted by atomic mass is 9.87. The van der Waals surface area contributed by atoms with Crippen molar-refractivity contribution in [1.82, 2.24) is 9.88 Å². The molecule has 0 amide bonds. The highest BCUT2D eigenvalue weighted by Gasteiger charge is 2.33. The van der Waals surface area contributed by atoms with Gasteiger partial charge in [-0.15, -0.1) is 0 Å². The second-order valence-electron chi connectivity index (χ2n) is 6.89. The number of fused-ring (bicyclic) bond motifs is 2. The predicted octanol–water partition coefficient (Wildman–Crippen LogP) is 3.92. The molecular weight excluding hydrogens is 284 g/mol. The first kappa shape index (κ1) is 14.7. The molecule has 1 aromatic heterocycles. The molecule has 0 spiro atoms. The van der Waals surface area contributed by atoms with E-state index in [1.807, 2.05) is 6.20 Å². The summed E-state index contributed by atoms with van der Waals surface area (Å²) in [5.74, 6) is 1.60. The van der Waals surface area contributed by atoms with Crippen molar-refractivity contribution in [1.29, 1.82) is 0 Å². The van der Waals surface area contributed by atoms with E-state index in [9.17, 15) is 0 Å². The van der Waals surface area contributed by atoms with Crippen LogP contribution in [0.3, 0.4) is 0 Å². The molecule has 23 heavy (non-hydrogen) atoms. The molecule has 3 nitrogen and oxygen atoms in total. The molecule has 0 radical (unpaired) electrons. The van der Waals surface area contributed by atoms with Gasteiger partial charge in [0.05, 0.1) is 11.9 Å². The van der Waals surface area contributed by atoms with Gasteiger partial charge in [-0.1, -0.05) is 29.8 Å². The first-order valence-electron chi connectivity index (χ1n) is 8.70. The monoisotopic (exact) mass is 308 g/mol. The van der Waals surface area contributed by atoms with Gasteiger partial charge in [0.2, 0.25) is 0 Å². The number of ether oxygens (including phenoxy) is 1. The summed E-state index contributed by atoms with van der Waals surface area (Å²) in [5.41, 5.74) is 3.43. The first-order chi connectivity index (χ1) is 11.3. The Bertz CT molecular complexity index is 650. The van der Waals surface area contributed by atoms with Crippen LogP contribution in [-0.4, -0.2) is 35.6 Å². The summed E-state index contributed by atoms with van der Waals surface area (Å²) in [6.07, 6.45) is 6.00. The maximum absolute atomic E-state index is 6.26. The highest BCUT2D eigenvalue weighted by molar-refractivity contribution is 5.59. The highest BCUT2D eigenvalue weighted by atomic mass is 16.5. The van der Waals surface area contributed by atoms with Crippen molar-refractivity contribution in [2.45, 2.75) is 32.3 Å². The largest absolute Gasteiger partial charge is 0.488 e. The number of aromatic nitrogens is 1. The van der Waals surface area contributed by atoms with Gasteiger partial charge in [-0.2, -0.15) is 0 Å². The summed E-state index contributed by atoms with van der Waals surface area (Å²) in [6.45, 7) is 5.76. The molecule has 2 aliphatic rings. The number of hydrogen-bond donors (Lipinski definition) is 0. The zero-order valence-electron chi connectivity index (χ0n) is 13.7. The number of rotatable bonds is 3. The lowest BCUT2D eigenvalue weighted by molar-refractivity contribution is 0.0150. The van der Waals surface area contributed by atoms with Crippen LogP contribution < -0.4 is 4.74 Å². The Balaban J connectivity index is 1.45. The van der Waals surface area contributed by atoms with E-state index in [4.69, 9.17) is 4.74 Å². The van der Waals surface area contributed by atoms with Crippen LogP contribution in [0.2, 0.25) is 0 Å². The smallest absolute Gasteiger partial charge is 0.138 e. The number of hydrogen-bond acceptors (Lipinski definition) is 3. The Morgan fingerprint density at radius 3 is 2.70 bits per heavy atom. The SMILES string of the molecule is Cc1ccc(-c2ccc(O[C@H]3CCN4CCC[C@H]3C4)cn2)cc1. The molecular formula is C20H24N2O. The van der Waals surface area contributed by atoms with E-state index in [1.165, 1.54) is 38.0 Å². The van der Waals surface area contributed by atoms with Crippen LogP contribution in [-0.2, 0) is 0 Å². The molecule has 1 unspecified atom stereocenters. The van der Waals surface area contributed by atoms with Crippen LogP contribution in [0.4, 0.5) is 0 Å². The number of pyridine rings is 1. The van der Waals surface area contributed by atoms with Crippen molar-refractivity contribution in [2.75, 3.05) is 19.6 Å². The van der Waals surface area contributed by atoms with E-state index < -0.39 is 0 Å². The quantitative estimate of drug-likeness (QED) is 0.859. The molecule has 0 N–H and O–H groups in total. The van der Waals surface area contributed by atoms with Crippen molar-refractivity contribution < 1.29 is 4.74 Å². The van der Waals surface area contributed by atoms with E-state index in [0.717, 1.165) is 23.4 Å². The predicted molar refractivity (Wildman–Crippen MR) is 92.6 cm³/mol. The summed E-state index contributed by atoms with van der Waals surface area (Å²) >= 11 is 0. The lowest BCUT2D eigenvalue weighted by Crippen LogP contribution is -2.48. The Morgan fingerprint density at radius 1 is 1.04 bits per heavy atom. The van der Waals surface area contributed by atoms with E-state index in [2.05, 4.69) is 53.2 Å². The fraction of sp³-hybridized carbons (Fsp3) is 0.450. The van der Waals surface area contributed by atoms with Crippen LogP contribution in [0, 0.1) is 12.8 Å². The molecule has 3 heteroatoms. The molecule has 4 rings (SSSR count). The number of piperidine rings is 2. The second kappa shape index (κ2) is 6.32. The van der Waals surface area contributed by atoms with Crippen molar-refractivity contribution in [3.8, 4) is 17.0 Å². The Labute approximate surface area is 138 Å². The van der Waals surface area contributed by atoms with Gasteiger partial charge in [0.1, 0.15) is 11.9 Å². The summed E-state index contributed by atoms with van der Waals surface area (Å²) in [5, 5.41) is 0. The normalized spacial score (nSPS) is 26.7. The minimum absolute atomic E-state index is 0.360. The number of aryl methyl sites for hydroxylation is 1. The minimum atomic E-state index is 0.360. The van der Waals surface area contributed by atoms with Crippen molar-refractivity contribution in [3.63, 3.8) is 0 Å². The van der Waals surface area contributed by atoms with Gasteiger partial charge in [-0.25, -0.2) is 0 Å². The Morgan fingerprint density at radius 2 is 1.91 bits per heavy atom. The van der Waals surface area contributed by atoms with E-state index >= 15 is 0 Å². The summed E-state index contributed by atoms with van der Waals surface area (Å²) in [4.78, 5) is 7.16. The van der Waals surface area contributed by atoms with Crippen LogP contribution in [0.5, 0.6) is 5.75 Å². The molecule has 2 aromatic rings. The number of nitrogens with zero attached hydrogens (tertiary/aromatic N) is 2. The van der Waals surface area contributed by atoms with E-state index in [-0.39, 0.29) is 0 Å². The third kappa shape index (κ3) is 3.25. The fourth-order valence-corrected chi connectivity index (χ4v) is 3.82. The zero-order valence-corrected chi connectivity index (χ0v) is 13.7. The molecule has 0 saturated carbocycles.